The first kappa shape index (κ1) is 17.9. The molecular weight excluding hydrogens is 350 g/mol. The van der Waals surface area contributed by atoms with Crippen molar-refractivity contribution >= 4 is 15.9 Å². The Kier molecular flexibility index (Phi) is 5.18. The number of benzene rings is 2. The zero-order chi connectivity index (χ0) is 18.6. The lowest BCUT2D eigenvalue weighted by atomic mass is 9.88. The van der Waals surface area contributed by atoms with Crippen LogP contribution in [0.15, 0.2) is 78.0 Å². The van der Waals surface area contributed by atoms with Crippen LogP contribution in [0.2, 0.25) is 0 Å². The quantitative estimate of drug-likeness (QED) is 0.724. The van der Waals surface area contributed by atoms with Crippen LogP contribution in [0.1, 0.15) is 23.5 Å². The summed E-state index contributed by atoms with van der Waals surface area (Å²) in [6.45, 7) is 0. The van der Waals surface area contributed by atoms with E-state index >= 15 is 0 Å². The van der Waals surface area contributed by atoms with E-state index in [9.17, 15) is 13.2 Å². The molecule has 26 heavy (non-hydrogen) atoms. The Balaban J connectivity index is 1.82. The first-order valence-electron chi connectivity index (χ1n) is 8.10. The highest BCUT2D eigenvalue weighted by molar-refractivity contribution is 7.90. The second-order valence-electron chi connectivity index (χ2n) is 5.96. The molecule has 1 aromatic heterocycles. The van der Waals surface area contributed by atoms with E-state index in [-0.39, 0.29) is 17.2 Å². The van der Waals surface area contributed by atoms with Gasteiger partial charge in [0.15, 0.2) is 0 Å². The number of carbonyl (C=O) groups excluding carboxylic acids is 1. The van der Waals surface area contributed by atoms with E-state index in [0.717, 1.165) is 11.1 Å². The van der Waals surface area contributed by atoms with Crippen LogP contribution in [-0.2, 0) is 21.9 Å². The van der Waals surface area contributed by atoms with Crippen molar-refractivity contribution in [3.63, 3.8) is 0 Å². The predicted molar refractivity (Wildman–Crippen MR) is 97.9 cm³/mol. The molecule has 134 valence electrons. The Labute approximate surface area is 152 Å². The summed E-state index contributed by atoms with van der Waals surface area (Å²) in [7, 11) is -2.32. The lowest BCUT2D eigenvalue weighted by Gasteiger charge is -2.17. The molecule has 3 aromatic rings. The Bertz CT molecular complexity index is 944. The first-order valence-corrected chi connectivity index (χ1v) is 9.58. The van der Waals surface area contributed by atoms with Crippen LogP contribution in [-0.4, -0.2) is 24.1 Å². The number of hydrogen-bond donors (Lipinski definition) is 1. The van der Waals surface area contributed by atoms with Gasteiger partial charge in [-0.05, 0) is 11.1 Å². The number of rotatable bonds is 6. The van der Waals surface area contributed by atoms with E-state index in [1.165, 1.54) is 17.1 Å². The molecule has 0 aliphatic rings. The minimum atomic E-state index is -3.93. The van der Waals surface area contributed by atoms with E-state index in [2.05, 4.69) is 9.82 Å². The van der Waals surface area contributed by atoms with Crippen molar-refractivity contribution in [3.8, 4) is 0 Å². The van der Waals surface area contributed by atoms with Crippen LogP contribution in [0.25, 0.3) is 0 Å². The van der Waals surface area contributed by atoms with Crippen molar-refractivity contribution in [2.24, 2.45) is 7.05 Å². The van der Waals surface area contributed by atoms with Crippen LogP contribution in [0.3, 0.4) is 0 Å². The van der Waals surface area contributed by atoms with E-state index < -0.39 is 15.9 Å². The molecule has 0 fully saturated rings. The molecule has 0 spiro atoms. The van der Waals surface area contributed by atoms with Crippen LogP contribution in [0, 0.1) is 0 Å². The fourth-order valence-corrected chi connectivity index (χ4v) is 3.75. The monoisotopic (exact) mass is 369 g/mol. The van der Waals surface area contributed by atoms with Gasteiger partial charge in [0.1, 0.15) is 4.90 Å². The summed E-state index contributed by atoms with van der Waals surface area (Å²) in [4.78, 5) is 12.4. The molecular formula is C19H19N3O3S. The fourth-order valence-electron chi connectivity index (χ4n) is 2.77. The highest BCUT2D eigenvalue weighted by Crippen LogP contribution is 2.28. The van der Waals surface area contributed by atoms with Gasteiger partial charge in [-0.25, -0.2) is 13.1 Å². The second kappa shape index (κ2) is 7.53. The van der Waals surface area contributed by atoms with Gasteiger partial charge in [0, 0.05) is 25.6 Å². The average Bonchev–Trinajstić information content (AvgIpc) is 3.08. The normalized spacial score (nSPS) is 11.5. The number of hydrogen-bond acceptors (Lipinski definition) is 4. The van der Waals surface area contributed by atoms with Gasteiger partial charge >= 0.3 is 0 Å². The molecule has 1 amide bonds. The van der Waals surface area contributed by atoms with Crippen LogP contribution < -0.4 is 4.72 Å². The molecule has 3 rings (SSSR count). The van der Waals surface area contributed by atoms with Crippen LogP contribution in [0.5, 0.6) is 0 Å². The number of amides is 1. The summed E-state index contributed by atoms with van der Waals surface area (Å²) in [5, 5.41) is 3.83. The number of nitrogens with one attached hydrogen (secondary N) is 1. The van der Waals surface area contributed by atoms with Gasteiger partial charge in [0.2, 0.25) is 5.91 Å². The minimum absolute atomic E-state index is 0.0213. The first-order chi connectivity index (χ1) is 12.5. The Morgan fingerprint density at radius 3 is 2.04 bits per heavy atom. The maximum Gasteiger partial charge on any atom is 0.267 e. The van der Waals surface area contributed by atoms with E-state index in [4.69, 9.17) is 0 Å². The lowest BCUT2D eigenvalue weighted by Crippen LogP contribution is -2.31. The third-order valence-electron chi connectivity index (χ3n) is 4.03. The summed E-state index contributed by atoms with van der Waals surface area (Å²) in [6, 6.07) is 19.1. The van der Waals surface area contributed by atoms with Crippen molar-refractivity contribution in [1.82, 2.24) is 14.5 Å². The lowest BCUT2D eigenvalue weighted by molar-refractivity contribution is -0.119. The second-order valence-corrected chi connectivity index (χ2v) is 7.64. The predicted octanol–water partition coefficient (Wildman–Crippen LogP) is 2.45. The average molecular weight is 369 g/mol. The summed E-state index contributed by atoms with van der Waals surface area (Å²) in [5.74, 6) is -0.798. The number of sulfonamides is 1. The molecule has 0 saturated heterocycles. The zero-order valence-electron chi connectivity index (χ0n) is 14.2. The highest BCUT2D eigenvalue weighted by Gasteiger charge is 2.23. The highest BCUT2D eigenvalue weighted by atomic mass is 32.2. The third kappa shape index (κ3) is 4.18. The topological polar surface area (TPSA) is 81.1 Å². The Morgan fingerprint density at radius 1 is 1.04 bits per heavy atom. The SMILES string of the molecule is Cn1cc(S(=O)(=O)NC(=O)CC(c2ccccc2)c2ccccc2)cn1. The summed E-state index contributed by atoms with van der Waals surface area (Å²) in [5.41, 5.74) is 1.90. The molecule has 0 unspecified atom stereocenters. The van der Waals surface area contributed by atoms with Gasteiger partial charge in [0.25, 0.3) is 10.0 Å². The number of carbonyl (C=O) groups is 1. The van der Waals surface area contributed by atoms with Crippen molar-refractivity contribution in [2.45, 2.75) is 17.2 Å². The maximum absolute atomic E-state index is 12.5. The van der Waals surface area contributed by atoms with E-state index in [1.54, 1.807) is 7.05 Å². The van der Waals surface area contributed by atoms with Crippen molar-refractivity contribution < 1.29 is 13.2 Å². The molecule has 0 bridgehead atoms. The molecule has 0 radical (unpaired) electrons. The van der Waals surface area contributed by atoms with Crippen LogP contribution in [0.4, 0.5) is 0 Å². The largest absolute Gasteiger partial charge is 0.274 e. The molecule has 0 aliphatic heterocycles. The van der Waals surface area contributed by atoms with Gasteiger partial charge in [-0.1, -0.05) is 60.7 Å². The molecule has 7 heteroatoms. The number of aryl methyl sites for hydroxylation is 1. The Hall–Kier alpha value is -2.93. The molecule has 1 N–H and O–H groups in total. The van der Waals surface area contributed by atoms with E-state index in [0.29, 0.717) is 0 Å². The van der Waals surface area contributed by atoms with Gasteiger partial charge in [-0.15, -0.1) is 0 Å². The smallest absolute Gasteiger partial charge is 0.267 e. The van der Waals surface area contributed by atoms with Crippen molar-refractivity contribution in [1.29, 1.82) is 0 Å². The van der Waals surface area contributed by atoms with Gasteiger partial charge in [-0.2, -0.15) is 5.10 Å². The zero-order valence-corrected chi connectivity index (χ0v) is 15.1. The van der Waals surface area contributed by atoms with Gasteiger partial charge in [0.05, 0.1) is 6.20 Å². The number of nitrogens with zero attached hydrogens (tertiary/aromatic N) is 2. The summed E-state index contributed by atoms with van der Waals surface area (Å²) < 4.78 is 28.2. The minimum Gasteiger partial charge on any atom is -0.274 e. The van der Waals surface area contributed by atoms with Gasteiger partial charge < -0.3 is 0 Å². The molecule has 0 atom stereocenters. The molecule has 1 heterocycles. The summed E-state index contributed by atoms with van der Waals surface area (Å²) in [6.07, 6.45) is 2.58. The maximum atomic E-state index is 12.5. The van der Waals surface area contributed by atoms with Crippen molar-refractivity contribution in [3.05, 3.63) is 84.2 Å². The molecule has 0 saturated carbocycles. The Morgan fingerprint density at radius 2 is 1.58 bits per heavy atom. The van der Waals surface area contributed by atoms with E-state index in [1.807, 2.05) is 60.7 Å². The molecule has 0 aliphatic carbocycles. The standard InChI is InChI=1S/C19H19N3O3S/c1-22-14-17(13-20-22)26(24,25)21-19(23)12-18(15-8-4-2-5-9-15)16-10-6-3-7-11-16/h2-11,13-14,18H,12H2,1H3,(H,21,23). The van der Waals surface area contributed by atoms with Crippen molar-refractivity contribution in [2.75, 3.05) is 0 Å². The fraction of sp³-hybridized carbons (Fsp3) is 0.158. The van der Waals surface area contributed by atoms with Crippen LogP contribution >= 0.6 is 0 Å². The molecule has 2 aromatic carbocycles. The number of aromatic nitrogens is 2. The van der Waals surface area contributed by atoms with Gasteiger partial charge in [-0.3, -0.25) is 9.48 Å². The molecule has 6 nitrogen and oxygen atoms in total. The summed E-state index contributed by atoms with van der Waals surface area (Å²) >= 11 is 0. The third-order valence-corrected chi connectivity index (χ3v) is 5.36.